The summed E-state index contributed by atoms with van der Waals surface area (Å²) in [6, 6.07) is 5.68. The van der Waals surface area contributed by atoms with Crippen molar-refractivity contribution in [3.63, 3.8) is 0 Å². The average molecular weight is 266 g/mol. The van der Waals surface area contributed by atoms with Crippen LogP contribution < -0.4 is 0 Å². The Morgan fingerprint density at radius 3 is 2.16 bits per heavy atom. The third kappa shape index (κ3) is 5.21. The van der Waals surface area contributed by atoms with E-state index in [0.717, 1.165) is 24.0 Å². The van der Waals surface area contributed by atoms with Crippen molar-refractivity contribution in [2.45, 2.75) is 52.7 Å². The van der Waals surface area contributed by atoms with Crippen LogP contribution in [0.25, 0.3) is 0 Å². The highest BCUT2D eigenvalue weighted by Crippen LogP contribution is 2.25. The first-order valence-electron chi connectivity index (χ1n) is 7.11. The molecule has 1 aromatic rings. The SMILES string of the molecule is CCOC(C)Cc1cccc(O)c1CC(C)OCC. The maximum atomic E-state index is 10.1. The first kappa shape index (κ1) is 16.0. The van der Waals surface area contributed by atoms with Crippen molar-refractivity contribution in [2.75, 3.05) is 13.2 Å². The minimum Gasteiger partial charge on any atom is -0.508 e. The van der Waals surface area contributed by atoms with Crippen molar-refractivity contribution in [1.82, 2.24) is 0 Å². The van der Waals surface area contributed by atoms with Crippen molar-refractivity contribution >= 4 is 0 Å². The molecule has 2 unspecified atom stereocenters. The van der Waals surface area contributed by atoms with Crippen LogP contribution >= 0.6 is 0 Å². The van der Waals surface area contributed by atoms with Crippen LogP contribution in [-0.2, 0) is 22.3 Å². The minimum atomic E-state index is 0.111. The highest BCUT2D eigenvalue weighted by molar-refractivity contribution is 5.40. The number of benzene rings is 1. The molecule has 108 valence electrons. The summed E-state index contributed by atoms with van der Waals surface area (Å²) in [4.78, 5) is 0. The molecule has 0 saturated heterocycles. The molecule has 0 bridgehead atoms. The average Bonchev–Trinajstić information content (AvgIpc) is 2.34. The van der Waals surface area contributed by atoms with Gasteiger partial charge in [0.1, 0.15) is 5.75 Å². The van der Waals surface area contributed by atoms with Crippen LogP contribution in [0.4, 0.5) is 0 Å². The van der Waals surface area contributed by atoms with Crippen LogP contribution in [0.5, 0.6) is 5.75 Å². The van der Waals surface area contributed by atoms with Crippen molar-refractivity contribution in [1.29, 1.82) is 0 Å². The predicted octanol–water partition coefficient (Wildman–Crippen LogP) is 3.33. The molecule has 0 fully saturated rings. The lowest BCUT2D eigenvalue weighted by Gasteiger charge is -2.18. The molecule has 1 N–H and O–H groups in total. The van der Waals surface area contributed by atoms with E-state index in [1.54, 1.807) is 6.07 Å². The number of hydrogen-bond acceptors (Lipinski definition) is 3. The first-order valence-corrected chi connectivity index (χ1v) is 7.11. The Morgan fingerprint density at radius 1 is 1.00 bits per heavy atom. The fraction of sp³-hybridized carbons (Fsp3) is 0.625. The molecule has 0 heterocycles. The van der Waals surface area contributed by atoms with Gasteiger partial charge in [-0.25, -0.2) is 0 Å². The third-order valence-electron chi connectivity index (χ3n) is 3.15. The molecule has 0 aliphatic rings. The second-order valence-electron chi connectivity index (χ2n) is 4.85. The van der Waals surface area contributed by atoms with Gasteiger partial charge in [-0.3, -0.25) is 0 Å². The summed E-state index contributed by atoms with van der Waals surface area (Å²) in [6.07, 6.45) is 1.82. The molecule has 1 aromatic carbocycles. The van der Waals surface area contributed by atoms with Crippen molar-refractivity contribution in [3.05, 3.63) is 29.3 Å². The lowest BCUT2D eigenvalue weighted by molar-refractivity contribution is 0.0724. The van der Waals surface area contributed by atoms with E-state index < -0.39 is 0 Å². The molecule has 3 heteroatoms. The monoisotopic (exact) mass is 266 g/mol. The largest absolute Gasteiger partial charge is 0.508 e. The fourth-order valence-electron chi connectivity index (χ4n) is 2.33. The number of phenolic OH excluding ortho intramolecular Hbond substituents is 1. The number of phenols is 1. The van der Waals surface area contributed by atoms with Crippen molar-refractivity contribution in [2.24, 2.45) is 0 Å². The van der Waals surface area contributed by atoms with Gasteiger partial charge in [-0.2, -0.15) is 0 Å². The molecule has 3 nitrogen and oxygen atoms in total. The molecule has 0 aliphatic heterocycles. The lowest BCUT2D eigenvalue weighted by Crippen LogP contribution is -2.16. The summed E-state index contributed by atoms with van der Waals surface area (Å²) in [5.41, 5.74) is 2.13. The van der Waals surface area contributed by atoms with E-state index in [1.165, 1.54) is 0 Å². The molecule has 0 amide bonds. The van der Waals surface area contributed by atoms with Crippen LogP contribution in [-0.4, -0.2) is 30.5 Å². The molecule has 0 saturated carbocycles. The molecule has 2 atom stereocenters. The second-order valence-corrected chi connectivity index (χ2v) is 4.85. The van der Waals surface area contributed by atoms with Crippen LogP contribution in [0.1, 0.15) is 38.8 Å². The maximum absolute atomic E-state index is 10.1. The van der Waals surface area contributed by atoms with Gasteiger partial charge in [-0.15, -0.1) is 0 Å². The van der Waals surface area contributed by atoms with Gasteiger partial charge in [0.05, 0.1) is 12.2 Å². The number of hydrogen-bond donors (Lipinski definition) is 1. The number of aromatic hydroxyl groups is 1. The summed E-state index contributed by atoms with van der Waals surface area (Å²) >= 11 is 0. The maximum Gasteiger partial charge on any atom is 0.119 e. The van der Waals surface area contributed by atoms with Crippen molar-refractivity contribution < 1.29 is 14.6 Å². The summed E-state index contributed by atoms with van der Waals surface area (Å²) < 4.78 is 11.1. The molecular formula is C16H26O3. The predicted molar refractivity (Wildman–Crippen MR) is 77.7 cm³/mol. The fourth-order valence-corrected chi connectivity index (χ4v) is 2.33. The van der Waals surface area contributed by atoms with E-state index in [0.29, 0.717) is 19.0 Å². The Hall–Kier alpha value is -1.06. The number of rotatable bonds is 8. The molecule has 0 spiro atoms. The van der Waals surface area contributed by atoms with E-state index in [-0.39, 0.29) is 12.2 Å². The molecule has 0 radical (unpaired) electrons. The smallest absolute Gasteiger partial charge is 0.119 e. The minimum absolute atomic E-state index is 0.111. The lowest BCUT2D eigenvalue weighted by atomic mass is 9.97. The van der Waals surface area contributed by atoms with Gasteiger partial charge < -0.3 is 14.6 Å². The third-order valence-corrected chi connectivity index (χ3v) is 3.15. The van der Waals surface area contributed by atoms with Crippen molar-refractivity contribution in [3.8, 4) is 5.75 Å². The van der Waals surface area contributed by atoms with Gasteiger partial charge in [0.25, 0.3) is 0 Å². The highest BCUT2D eigenvalue weighted by Gasteiger charge is 2.14. The van der Waals surface area contributed by atoms with Gasteiger partial charge in [0.2, 0.25) is 0 Å². The Bertz CT molecular complexity index is 376. The topological polar surface area (TPSA) is 38.7 Å². The van der Waals surface area contributed by atoms with E-state index in [9.17, 15) is 5.11 Å². The summed E-state index contributed by atoms with van der Waals surface area (Å²) in [6.45, 7) is 9.48. The Labute approximate surface area is 116 Å². The van der Waals surface area contributed by atoms with Crippen LogP contribution in [0.2, 0.25) is 0 Å². The molecule has 1 rings (SSSR count). The van der Waals surface area contributed by atoms with Gasteiger partial charge in [0, 0.05) is 19.6 Å². The zero-order chi connectivity index (χ0) is 14.3. The number of ether oxygens (including phenoxy) is 2. The quantitative estimate of drug-likeness (QED) is 0.784. The van der Waals surface area contributed by atoms with Gasteiger partial charge in [-0.1, -0.05) is 12.1 Å². The second kappa shape index (κ2) is 8.18. The summed E-state index contributed by atoms with van der Waals surface area (Å²) in [5, 5.41) is 10.1. The molecule has 0 aromatic heterocycles. The Morgan fingerprint density at radius 2 is 1.58 bits per heavy atom. The van der Waals surface area contributed by atoms with Gasteiger partial charge in [-0.05, 0) is 51.3 Å². The molecule has 0 aliphatic carbocycles. The van der Waals surface area contributed by atoms with Crippen LogP contribution in [0.3, 0.4) is 0 Å². The van der Waals surface area contributed by atoms with Gasteiger partial charge >= 0.3 is 0 Å². The standard InChI is InChI=1S/C16H26O3/c1-5-18-12(3)10-14-8-7-9-16(17)15(14)11-13(4)19-6-2/h7-9,12-13,17H,5-6,10-11H2,1-4H3. The zero-order valence-electron chi connectivity index (χ0n) is 12.5. The van der Waals surface area contributed by atoms with Crippen LogP contribution in [0.15, 0.2) is 18.2 Å². The van der Waals surface area contributed by atoms with E-state index >= 15 is 0 Å². The molecule has 19 heavy (non-hydrogen) atoms. The normalized spacial score (nSPS) is 14.3. The van der Waals surface area contributed by atoms with E-state index in [1.807, 2.05) is 26.8 Å². The van der Waals surface area contributed by atoms with Gasteiger partial charge in [0.15, 0.2) is 0 Å². The first-order chi connectivity index (χ1) is 9.08. The Kier molecular flexibility index (Phi) is 6.89. The highest BCUT2D eigenvalue weighted by atomic mass is 16.5. The zero-order valence-corrected chi connectivity index (χ0v) is 12.5. The van der Waals surface area contributed by atoms with E-state index in [4.69, 9.17) is 9.47 Å². The summed E-state index contributed by atoms with van der Waals surface area (Å²) in [7, 11) is 0. The van der Waals surface area contributed by atoms with E-state index in [2.05, 4.69) is 13.0 Å². The Balaban J connectivity index is 2.82. The van der Waals surface area contributed by atoms with Crippen LogP contribution in [0, 0.1) is 0 Å². The summed E-state index contributed by atoms with van der Waals surface area (Å²) in [5.74, 6) is 0.354. The molecular weight excluding hydrogens is 240 g/mol.